The molecule has 1 atom stereocenters. The van der Waals surface area contributed by atoms with Gasteiger partial charge in [-0.2, -0.15) is 0 Å². The SMILES string of the molecule is CCC(C)c1nc(C(=O)O)cs1. The second-order valence-electron chi connectivity index (χ2n) is 2.69. The van der Waals surface area contributed by atoms with Crippen LogP contribution in [0.4, 0.5) is 0 Å². The van der Waals surface area contributed by atoms with Gasteiger partial charge in [0.1, 0.15) is 0 Å². The third kappa shape index (κ3) is 1.82. The molecule has 3 nitrogen and oxygen atoms in total. The van der Waals surface area contributed by atoms with Gasteiger partial charge >= 0.3 is 5.97 Å². The molecule has 1 aromatic heterocycles. The first kappa shape index (κ1) is 9.19. The fourth-order valence-electron chi connectivity index (χ4n) is 0.787. The highest BCUT2D eigenvalue weighted by Crippen LogP contribution is 2.22. The molecule has 0 aliphatic heterocycles. The van der Waals surface area contributed by atoms with E-state index in [1.54, 1.807) is 5.38 Å². The average Bonchev–Trinajstić information content (AvgIpc) is 2.51. The van der Waals surface area contributed by atoms with Crippen LogP contribution in [-0.4, -0.2) is 16.1 Å². The Morgan fingerprint density at radius 2 is 2.50 bits per heavy atom. The molecule has 0 saturated heterocycles. The van der Waals surface area contributed by atoms with Gasteiger partial charge in [0.05, 0.1) is 5.01 Å². The molecule has 0 radical (unpaired) electrons. The number of carboxylic acid groups (broad SMARTS) is 1. The van der Waals surface area contributed by atoms with E-state index in [9.17, 15) is 4.79 Å². The molecule has 0 amide bonds. The summed E-state index contributed by atoms with van der Waals surface area (Å²) in [4.78, 5) is 14.5. The van der Waals surface area contributed by atoms with E-state index in [0.717, 1.165) is 11.4 Å². The van der Waals surface area contributed by atoms with E-state index in [4.69, 9.17) is 5.11 Å². The van der Waals surface area contributed by atoms with E-state index in [2.05, 4.69) is 11.9 Å². The highest BCUT2D eigenvalue weighted by Gasteiger charge is 2.11. The van der Waals surface area contributed by atoms with Gasteiger partial charge in [0, 0.05) is 11.3 Å². The molecule has 66 valence electrons. The highest BCUT2D eigenvalue weighted by molar-refractivity contribution is 7.09. The number of aromatic carboxylic acids is 1. The molecule has 0 aliphatic carbocycles. The summed E-state index contributed by atoms with van der Waals surface area (Å²) in [6, 6.07) is 0. The molecule has 1 aromatic rings. The summed E-state index contributed by atoms with van der Waals surface area (Å²) < 4.78 is 0. The maximum absolute atomic E-state index is 10.5. The second kappa shape index (κ2) is 3.67. The summed E-state index contributed by atoms with van der Waals surface area (Å²) in [5.74, 6) is -0.580. The second-order valence-corrected chi connectivity index (χ2v) is 3.58. The van der Waals surface area contributed by atoms with Gasteiger partial charge in [-0.3, -0.25) is 0 Å². The summed E-state index contributed by atoms with van der Waals surface area (Å²) >= 11 is 1.42. The number of thiazole rings is 1. The van der Waals surface area contributed by atoms with Crippen molar-refractivity contribution in [3.8, 4) is 0 Å². The number of carbonyl (C=O) groups is 1. The molecule has 1 heterocycles. The highest BCUT2D eigenvalue weighted by atomic mass is 32.1. The molecule has 0 bridgehead atoms. The zero-order chi connectivity index (χ0) is 9.14. The lowest BCUT2D eigenvalue weighted by atomic mass is 10.1. The van der Waals surface area contributed by atoms with Gasteiger partial charge in [-0.05, 0) is 6.42 Å². The maximum atomic E-state index is 10.5. The summed E-state index contributed by atoms with van der Waals surface area (Å²) in [6.07, 6.45) is 0.993. The van der Waals surface area contributed by atoms with Crippen molar-refractivity contribution in [1.29, 1.82) is 0 Å². The smallest absolute Gasteiger partial charge is 0.355 e. The van der Waals surface area contributed by atoms with Gasteiger partial charge in [-0.15, -0.1) is 11.3 Å². The quantitative estimate of drug-likeness (QED) is 0.786. The van der Waals surface area contributed by atoms with Crippen LogP contribution in [0.3, 0.4) is 0 Å². The predicted molar refractivity (Wildman–Crippen MR) is 47.8 cm³/mol. The van der Waals surface area contributed by atoms with E-state index < -0.39 is 5.97 Å². The van der Waals surface area contributed by atoms with Gasteiger partial charge < -0.3 is 5.11 Å². The zero-order valence-corrected chi connectivity index (χ0v) is 7.89. The molecule has 1 rings (SSSR count). The molecule has 0 aromatic carbocycles. The van der Waals surface area contributed by atoms with Crippen LogP contribution >= 0.6 is 11.3 Å². The number of hydrogen-bond acceptors (Lipinski definition) is 3. The number of hydrogen-bond donors (Lipinski definition) is 1. The van der Waals surface area contributed by atoms with Crippen LogP contribution in [0, 0.1) is 0 Å². The third-order valence-electron chi connectivity index (χ3n) is 1.78. The number of aromatic nitrogens is 1. The number of carboxylic acids is 1. The molecular formula is C8H11NO2S. The van der Waals surface area contributed by atoms with Crippen molar-refractivity contribution in [3.63, 3.8) is 0 Å². The topological polar surface area (TPSA) is 50.2 Å². The molecule has 4 heteroatoms. The normalized spacial score (nSPS) is 12.8. The molecule has 12 heavy (non-hydrogen) atoms. The van der Waals surface area contributed by atoms with Crippen LogP contribution < -0.4 is 0 Å². The average molecular weight is 185 g/mol. The van der Waals surface area contributed by atoms with E-state index in [1.807, 2.05) is 6.92 Å². The molecule has 0 aliphatic rings. The Kier molecular flexibility index (Phi) is 2.81. The standard InChI is InChI=1S/C8H11NO2S/c1-3-5(2)7-9-6(4-12-7)8(10)11/h4-5H,3H2,1-2H3,(H,10,11). The summed E-state index contributed by atoms with van der Waals surface area (Å²) in [5.41, 5.74) is 0.162. The largest absolute Gasteiger partial charge is 0.476 e. The first-order valence-corrected chi connectivity index (χ1v) is 4.71. The van der Waals surface area contributed by atoms with E-state index in [-0.39, 0.29) is 5.69 Å². The van der Waals surface area contributed by atoms with Crippen LogP contribution in [0.25, 0.3) is 0 Å². The minimum absolute atomic E-state index is 0.162. The predicted octanol–water partition coefficient (Wildman–Crippen LogP) is 2.35. The number of rotatable bonds is 3. The van der Waals surface area contributed by atoms with Gasteiger partial charge in [0.25, 0.3) is 0 Å². The lowest BCUT2D eigenvalue weighted by Gasteiger charge is -2.01. The van der Waals surface area contributed by atoms with Crippen molar-refractivity contribution in [2.45, 2.75) is 26.2 Å². The Morgan fingerprint density at radius 1 is 1.83 bits per heavy atom. The van der Waals surface area contributed by atoms with Crippen molar-refractivity contribution in [2.24, 2.45) is 0 Å². The first-order valence-electron chi connectivity index (χ1n) is 3.83. The molecule has 0 fully saturated rings. The van der Waals surface area contributed by atoms with Crippen molar-refractivity contribution in [3.05, 3.63) is 16.1 Å². The van der Waals surface area contributed by atoms with Crippen molar-refractivity contribution in [1.82, 2.24) is 4.98 Å². The molecular weight excluding hydrogens is 174 g/mol. The summed E-state index contributed by atoms with van der Waals surface area (Å²) in [7, 11) is 0. The lowest BCUT2D eigenvalue weighted by Crippen LogP contribution is -1.97. The molecule has 0 spiro atoms. The summed E-state index contributed by atoms with van der Waals surface area (Å²) in [5, 5.41) is 11.1. The van der Waals surface area contributed by atoms with Crippen LogP contribution in [0.1, 0.15) is 41.7 Å². The van der Waals surface area contributed by atoms with Crippen molar-refractivity contribution < 1.29 is 9.90 Å². The van der Waals surface area contributed by atoms with Crippen LogP contribution in [-0.2, 0) is 0 Å². The van der Waals surface area contributed by atoms with Crippen molar-refractivity contribution in [2.75, 3.05) is 0 Å². The monoisotopic (exact) mass is 185 g/mol. The number of nitrogens with zero attached hydrogens (tertiary/aromatic N) is 1. The fourth-order valence-corrected chi connectivity index (χ4v) is 1.72. The Bertz CT molecular complexity index is 282. The fraction of sp³-hybridized carbons (Fsp3) is 0.500. The van der Waals surface area contributed by atoms with E-state index >= 15 is 0 Å². The minimum Gasteiger partial charge on any atom is -0.476 e. The van der Waals surface area contributed by atoms with Crippen LogP contribution in [0.5, 0.6) is 0 Å². The summed E-state index contributed by atoms with van der Waals surface area (Å²) in [6.45, 7) is 4.11. The van der Waals surface area contributed by atoms with E-state index in [0.29, 0.717) is 5.92 Å². The Balaban J connectivity index is 2.84. The molecule has 1 unspecified atom stereocenters. The van der Waals surface area contributed by atoms with Gasteiger partial charge in [0.15, 0.2) is 5.69 Å². The Labute approximate surface area is 75.1 Å². The van der Waals surface area contributed by atoms with E-state index in [1.165, 1.54) is 11.3 Å². The zero-order valence-electron chi connectivity index (χ0n) is 7.07. The van der Waals surface area contributed by atoms with Crippen LogP contribution in [0.2, 0.25) is 0 Å². The van der Waals surface area contributed by atoms with Gasteiger partial charge in [0.2, 0.25) is 0 Å². The van der Waals surface area contributed by atoms with Crippen LogP contribution in [0.15, 0.2) is 5.38 Å². The molecule has 0 saturated carbocycles. The van der Waals surface area contributed by atoms with Gasteiger partial charge in [-0.1, -0.05) is 13.8 Å². The lowest BCUT2D eigenvalue weighted by molar-refractivity contribution is 0.0691. The molecule has 1 N–H and O–H groups in total. The third-order valence-corrected chi connectivity index (χ3v) is 2.85. The Morgan fingerprint density at radius 3 is 2.92 bits per heavy atom. The Hall–Kier alpha value is -0.900. The van der Waals surface area contributed by atoms with Crippen molar-refractivity contribution >= 4 is 17.3 Å². The first-order chi connectivity index (χ1) is 5.65. The minimum atomic E-state index is -0.944. The van der Waals surface area contributed by atoms with Gasteiger partial charge in [-0.25, -0.2) is 9.78 Å². The maximum Gasteiger partial charge on any atom is 0.355 e.